The van der Waals surface area contributed by atoms with Gasteiger partial charge in [0, 0.05) is 23.9 Å². The predicted octanol–water partition coefficient (Wildman–Crippen LogP) is 4.26. The summed E-state index contributed by atoms with van der Waals surface area (Å²) in [5, 5.41) is 22.4. The van der Waals surface area contributed by atoms with Gasteiger partial charge in [-0.25, -0.2) is 14.4 Å². The second-order valence-electron chi connectivity index (χ2n) is 7.25. The van der Waals surface area contributed by atoms with Gasteiger partial charge in [0.25, 0.3) is 5.91 Å². The number of hydrogen-bond donors (Lipinski definition) is 4. The molecule has 0 saturated heterocycles. The summed E-state index contributed by atoms with van der Waals surface area (Å²) >= 11 is 1.24. The number of rotatable bonds is 6. The average Bonchev–Trinajstić information content (AvgIpc) is 3.02. The van der Waals surface area contributed by atoms with Crippen molar-refractivity contribution in [3.05, 3.63) is 52.7 Å². The number of anilines is 1. The van der Waals surface area contributed by atoms with Gasteiger partial charge in [0.05, 0.1) is 16.2 Å². The standard InChI is InChI=1S/C21H23FN6OS/c1-10(2)28-21(29)14-7-13(5-6-15(14)22)8-25-20-18-17(26-9-27-20)16(19(24)30-18)11(3)12(4)23/h5-7,9-10,23-24H,8H2,1-4H3,(H,28,29)(H,25,26,27)/b16-11-,23-12?,24-19?. The van der Waals surface area contributed by atoms with Crippen molar-refractivity contribution in [2.45, 2.75) is 45.2 Å². The first-order valence-corrected chi connectivity index (χ1v) is 10.2. The Hall–Kier alpha value is -3.07. The lowest BCUT2D eigenvalue weighted by Gasteiger charge is -2.12. The Morgan fingerprint density at radius 3 is 2.67 bits per heavy atom. The molecule has 0 radical (unpaired) electrons. The molecule has 1 amide bonds. The number of carbonyl (C=O) groups excluding carboxylic acids is 1. The van der Waals surface area contributed by atoms with E-state index >= 15 is 0 Å². The Morgan fingerprint density at radius 2 is 2.00 bits per heavy atom. The molecule has 2 heterocycles. The molecule has 1 aliphatic heterocycles. The largest absolute Gasteiger partial charge is 0.365 e. The highest BCUT2D eigenvalue weighted by atomic mass is 32.2. The molecule has 3 rings (SSSR count). The van der Waals surface area contributed by atoms with E-state index in [0.717, 1.165) is 10.5 Å². The number of nitrogens with one attached hydrogen (secondary N) is 4. The van der Waals surface area contributed by atoms with E-state index in [9.17, 15) is 9.18 Å². The minimum atomic E-state index is -0.573. The Kier molecular flexibility index (Phi) is 6.31. The lowest BCUT2D eigenvalue weighted by Crippen LogP contribution is -2.30. The number of halogens is 1. The average molecular weight is 427 g/mol. The first-order valence-electron chi connectivity index (χ1n) is 9.40. The third-order valence-electron chi connectivity index (χ3n) is 4.56. The van der Waals surface area contributed by atoms with Crippen LogP contribution in [0.4, 0.5) is 10.2 Å². The van der Waals surface area contributed by atoms with Crippen molar-refractivity contribution < 1.29 is 9.18 Å². The van der Waals surface area contributed by atoms with E-state index in [2.05, 4.69) is 20.6 Å². The van der Waals surface area contributed by atoms with Gasteiger partial charge >= 0.3 is 0 Å². The van der Waals surface area contributed by atoms with Crippen molar-refractivity contribution in [2.24, 2.45) is 0 Å². The molecule has 1 aromatic heterocycles. The normalized spacial score (nSPS) is 14.5. The van der Waals surface area contributed by atoms with Gasteiger partial charge in [-0.15, -0.1) is 0 Å². The minimum Gasteiger partial charge on any atom is -0.365 e. The monoisotopic (exact) mass is 426 g/mol. The fourth-order valence-electron chi connectivity index (χ4n) is 2.95. The minimum absolute atomic E-state index is 0.00521. The maximum Gasteiger partial charge on any atom is 0.254 e. The fourth-order valence-corrected chi connectivity index (χ4v) is 3.98. The number of carbonyl (C=O) groups is 1. The highest BCUT2D eigenvalue weighted by Gasteiger charge is 2.29. The molecule has 0 atom stereocenters. The molecule has 7 nitrogen and oxygen atoms in total. The quantitative estimate of drug-likeness (QED) is 0.515. The molecule has 156 valence electrons. The van der Waals surface area contributed by atoms with Crippen molar-refractivity contribution in [2.75, 3.05) is 5.32 Å². The molecule has 1 aromatic carbocycles. The zero-order chi connectivity index (χ0) is 22.0. The molecule has 0 fully saturated rings. The summed E-state index contributed by atoms with van der Waals surface area (Å²) < 4.78 is 14.1. The molecule has 1 aliphatic rings. The number of nitrogens with zero attached hydrogens (tertiary/aromatic N) is 2. The van der Waals surface area contributed by atoms with Crippen molar-refractivity contribution in [3.8, 4) is 0 Å². The van der Waals surface area contributed by atoms with Crippen LogP contribution in [0.1, 0.15) is 49.3 Å². The number of hydrogen-bond acceptors (Lipinski definition) is 7. The van der Waals surface area contributed by atoms with Crippen molar-refractivity contribution in [3.63, 3.8) is 0 Å². The van der Waals surface area contributed by atoms with E-state index in [1.165, 1.54) is 30.2 Å². The molecular formula is C21H23FN6OS. The fraction of sp³-hybridized carbons (Fsp3) is 0.286. The smallest absolute Gasteiger partial charge is 0.254 e. The molecule has 2 aromatic rings. The summed E-state index contributed by atoms with van der Waals surface area (Å²) in [6.45, 7) is 7.44. The maximum atomic E-state index is 14.1. The second-order valence-corrected chi connectivity index (χ2v) is 8.27. The van der Waals surface area contributed by atoms with E-state index in [1.807, 2.05) is 13.8 Å². The van der Waals surface area contributed by atoms with E-state index in [0.29, 0.717) is 40.0 Å². The van der Waals surface area contributed by atoms with Gasteiger partial charge in [0.15, 0.2) is 0 Å². The molecule has 0 spiro atoms. The van der Waals surface area contributed by atoms with Crippen molar-refractivity contribution >= 4 is 39.8 Å². The number of fused-ring (bicyclic) bond motifs is 1. The first-order chi connectivity index (χ1) is 14.2. The topological polar surface area (TPSA) is 115 Å². The zero-order valence-electron chi connectivity index (χ0n) is 17.2. The lowest BCUT2D eigenvalue weighted by atomic mass is 10.0. The van der Waals surface area contributed by atoms with Crippen LogP contribution in [0.5, 0.6) is 0 Å². The van der Waals surface area contributed by atoms with Gasteiger partial charge in [0.2, 0.25) is 0 Å². The molecule has 0 saturated carbocycles. The molecule has 30 heavy (non-hydrogen) atoms. The number of allylic oxidation sites excluding steroid dienone is 1. The van der Waals surface area contributed by atoms with E-state index in [4.69, 9.17) is 10.8 Å². The molecule has 4 N–H and O–H groups in total. The summed E-state index contributed by atoms with van der Waals surface area (Å²) in [5.74, 6) is -0.475. The van der Waals surface area contributed by atoms with Gasteiger partial charge in [-0.1, -0.05) is 17.8 Å². The second kappa shape index (κ2) is 8.74. The highest BCUT2D eigenvalue weighted by Crippen LogP contribution is 2.44. The maximum absolute atomic E-state index is 14.1. The summed E-state index contributed by atoms with van der Waals surface area (Å²) in [7, 11) is 0. The molecular weight excluding hydrogens is 403 g/mol. The van der Waals surface area contributed by atoms with E-state index in [1.54, 1.807) is 19.9 Å². The van der Waals surface area contributed by atoms with Crippen LogP contribution in [0.3, 0.4) is 0 Å². The van der Waals surface area contributed by atoms with Gasteiger partial charge < -0.3 is 16.0 Å². The van der Waals surface area contributed by atoms with Crippen LogP contribution in [0, 0.1) is 16.6 Å². The first kappa shape index (κ1) is 21.6. The number of thioether (sulfide) groups is 1. The van der Waals surface area contributed by atoms with Crippen LogP contribution in [-0.2, 0) is 6.54 Å². The predicted molar refractivity (Wildman–Crippen MR) is 118 cm³/mol. The van der Waals surface area contributed by atoms with E-state index in [-0.39, 0.29) is 11.6 Å². The van der Waals surface area contributed by atoms with Crippen molar-refractivity contribution in [1.82, 2.24) is 15.3 Å². The Bertz CT molecular complexity index is 1080. The van der Waals surface area contributed by atoms with Crippen LogP contribution in [0.25, 0.3) is 5.57 Å². The number of amides is 1. The van der Waals surface area contributed by atoms with Gasteiger partial charge in [-0.2, -0.15) is 0 Å². The van der Waals surface area contributed by atoms with Crippen LogP contribution >= 0.6 is 11.8 Å². The Morgan fingerprint density at radius 1 is 1.27 bits per heavy atom. The van der Waals surface area contributed by atoms with E-state index < -0.39 is 11.7 Å². The molecule has 0 unspecified atom stereocenters. The summed E-state index contributed by atoms with van der Waals surface area (Å²) in [4.78, 5) is 21.5. The van der Waals surface area contributed by atoms with Crippen LogP contribution in [0.15, 0.2) is 35.0 Å². The molecule has 9 heteroatoms. The Balaban J connectivity index is 1.85. The highest BCUT2D eigenvalue weighted by molar-refractivity contribution is 8.15. The summed E-state index contributed by atoms with van der Waals surface area (Å²) in [6, 6.07) is 4.31. The van der Waals surface area contributed by atoms with Crippen LogP contribution in [0.2, 0.25) is 0 Å². The Labute approximate surface area is 178 Å². The number of aromatic nitrogens is 2. The molecule has 0 aliphatic carbocycles. The third-order valence-corrected chi connectivity index (χ3v) is 5.56. The number of benzene rings is 1. The SMILES string of the molecule is CC(=N)/C(C)=C1\C(=N)Sc2c(NCc3ccc(F)c(C(=O)NC(C)C)c3)ncnc21. The summed E-state index contributed by atoms with van der Waals surface area (Å²) in [6.07, 6.45) is 1.42. The van der Waals surface area contributed by atoms with Crippen LogP contribution in [-0.4, -0.2) is 32.7 Å². The zero-order valence-corrected chi connectivity index (χ0v) is 18.0. The van der Waals surface area contributed by atoms with Gasteiger partial charge in [-0.05, 0) is 51.0 Å². The van der Waals surface area contributed by atoms with Gasteiger partial charge in [0.1, 0.15) is 23.0 Å². The summed E-state index contributed by atoms with van der Waals surface area (Å²) in [5.41, 5.74) is 3.07. The third kappa shape index (κ3) is 4.40. The van der Waals surface area contributed by atoms with Crippen LogP contribution < -0.4 is 10.6 Å². The van der Waals surface area contributed by atoms with Crippen molar-refractivity contribution in [1.29, 1.82) is 10.8 Å². The molecule has 0 bridgehead atoms. The van der Waals surface area contributed by atoms with Gasteiger partial charge in [-0.3, -0.25) is 10.2 Å². The lowest BCUT2D eigenvalue weighted by molar-refractivity contribution is 0.0939.